The largest absolute Gasteiger partial charge is 0.351 e. The molecule has 1 heterocycles. The van der Waals surface area contributed by atoms with Crippen molar-refractivity contribution in [2.75, 3.05) is 26.2 Å². The predicted molar refractivity (Wildman–Crippen MR) is 106 cm³/mol. The van der Waals surface area contributed by atoms with Gasteiger partial charge in [0.05, 0.1) is 6.04 Å². The molecular weight excluding hydrogens is 365 g/mol. The van der Waals surface area contributed by atoms with Crippen LogP contribution in [0.1, 0.15) is 18.1 Å². The van der Waals surface area contributed by atoms with Crippen LogP contribution < -0.4 is 5.32 Å². The monoisotopic (exact) mass is 389 g/mol. The van der Waals surface area contributed by atoms with Gasteiger partial charge in [-0.2, -0.15) is 0 Å². The van der Waals surface area contributed by atoms with E-state index in [2.05, 4.69) is 27.2 Å². The van der Waals surface area contributed by atoms with Crippen LogP contribution >= 0.6 is 11.6 Å². The minimum absolute atomic E-state index is 0.00507. The summed E-state index contributed by atoms with van der Waals surface area (Å²) >= 11 is 5.93. The zero-order valence-electron chi connectivity index (χ0n) is 15.5. The Morgan fingerprint density at radius 2 is 1.63 bits per heavy atom. The van der Waals surface area contributed by atoms with E-state index in [0.29, 0.717) is 6.54 Å². The van der Waals surface area contributed by atoms with Crippen molar-refractivity contribution in [3.63, 3.8) is 0 Å². The van der Waals surface area contributed by atoms with Gasteiger partial charge in [-0.3, -0.25) is 14.6 Å². The fourth-order valence-electron chi connectivity index (χ4n) is 3.26. The first-order valence-electron chi connectivity index (χ1n) is 9.24. The Kier molecular flexibility index (Phi) is 6.83. The number of nitrogens with zero attached hydrogens (tertiary/aromatic N) is 2. The summed E-state index contributed by atoms with van der Waals surface area (Å²) in [7, 11) is 0. The SMILES string of the molecule is CC(C(=O)NCc1ccc(F)cc1)N1CCN(Cc2ccc(Cl)cc2)CC1. The molecule has 144 valence electrons. The molecule has 6 heteroatoms. The van der Waals surface area contributed by atoms with Gasteiger partial charge in [-0.05, 0) is 42.3 Å². The molecule has 0 radical (unpaired) electrons. The first-order chi connectivity index (χ1) is 13.0. The summed E-state index contributed by atoms with van der Waals surface area (Å²) in [5, 5.41) is 3.70. The summed E-state index contributed by atoms with van der Waals surface area (Å²) in [5.74, 6) is -0.264. The number of carbonyl (C=O) groups excluding carboxylic acids is 1. The summed E-state index contributed by atoms with van der Waals surface area (Å²) in [6.07, 6.45) is 0. The van der Waals surface area contributed by atoms with Crippen molar-refractivity contribution < 1.29 is 9.18 Å². The van der Waals surface area contributed by atoms with E-state index in [1.165, 1.54) is 17.7 Å². The highest BCUT2D eigenvalue weighted by molar-refractivity contribution is 6.30. The van der Waals surface area contributed by atoms with Gasteiger partial charge < -0.3 is 5.32 Å². The Labute approximate surface area is 164 Å². The Morgan fingerprint density at radius 3 is 2.26 bits per heavy atom. The second kappa shape index (κ2) is 9.31. The summed E-state index contributed by atoms with van der Waals surface area (Å²) in [4.78, 5) is 17.0. The number of benzene rings is 2. The maximum absolute atomic E-state index is 12.9. The molecule has 2 aromatic carbocycles. The fourth-order valence-corrected chi connectivity index (χ4v) is 3.39. The van der Waals surface area contributed by atoms with Gasteiger partial charge in [-0.25, -0.2) is 4.39 Å². The third-order valence-corrected chi connectivity index (χ3v) is 5.29. The molecule has 1 unspecified atom stereocenters. The van der Waals surface area contributed by atoms with Crippen LogP contribution in [0.5, 0.6) is 0 Å². The normalized spacial score (nSPS) is 16.9. The van der Waals surface area contributed by atoms with E-state index in [0.717, 1.165) is 43.3 Å². The molecule has 1 atom stereocenters. The second-order valence-electron chi connectivity index (χ2n) is 6.96. The van der Waals surface area contributed by atoms with Gasteiger partial charge in [0.2, 0.25) is 5.91 Å². The molecule has 0 aromatic heterocycles. The maximum atomic E-state index is 12.9. The molecular formula is C21H25ClFN3O. The summed E-state index contributed by atoms with van der Waals surface area (Å²) in [6.45, 7) is 6.83. The topological polar surface area (TPSA) is 35.6 Å². The van der Waals surface area contributed by atoms with Gasteiger partial charge >= 0.3 is 0 Å². The summed E-state index contributed by atoms with van der Waals surface area (Å²) in [6, 6.07) is 14.0. The third-order valence-electron chi connectivity index (χ3n) is 5.03. The van der Waals surface area contributed by atoms with Crippen LogP contribution in [0.2, 0.25) is 5.02 Å². The smallest absolute Gasteiger partial charge is 0.237 e. The highest BCUT2D eigenvalue weighted by atomic mass is 35.5. The van der Waals surface area contributed by atoms with E-state index in [1.54, 1.807) is 12.1 Å². The predicted octanol–water partition coefficient (Wildman–Crippen LogP) is 3.30. The quantitative estimate of drug-likeness (QED) is 0.823. The van der Waals surface area contributed by atoms with Crippen molar-refractivity contribution in [3.8, 4) is 0 Å². The average Bonchev–Trinajstić information content (AvgIpc) is 2.69. The van der Waals surface area contributed by atoms with Crippen LogP contribution in [0.25, 0.3) is 0 Å². The minimum atomic E-state index is -0.269. The van der Waals surface area contributed by atoms with Crippen LogP contribution in [-0.2, 0) is 17.9 Å². The van der Waals surface area contributed by atoms with Crippen LogP contribution in [-0.4, -0.2) is 47.9 Å². The lowest BCUT2D eigenvalue weighted by atomic mass is 10.1. The van der Waals surface area contributed by atoms with Crippen molar-refractivity contribution in [1.29, 1.82) is 0 Å². The van der Waals surface area contributed by atoms with Gasteiger partial charge in [-0.1, -0.05) is 35.9 Å². The van der Waals surface area contributed by atoms with E-state index < -0.39 is 0 Å². The molecule has 1 fully saturated rings. The molecule has 0 aliphatic carbocycles. The molecule has 0 bridgehead atoms. The standard InChI is InChI=1S/C21H25ClFN3O/c1-16(21(27)24-14-17-4-8-20(23)9-5-17)26-12-10-25(11-13-26)15-18-2-6-19(22)7-3-18/h2-9,16H,10-15H2,1H3,(H,24,27). The molecule has 1 saturated heterocycles. The van der Waals surface area contributed by atoms with E-state index in [-0.39, 0.29) is 17.8 Å². The molecule has 0 spiro atoms. The molecule has 2 aromatic rings. The molecule has 0 saturated carbocycles. The second-order valence-corrected chi connectivity index (χ2v) is 7.40. The molecule has 1 aliphatic rings. The zero-order valence-corrected chi connectivity index (χ0v) is 16.3. The van der Waals surface area contributed by atoms with Crippen LogP contribution in [0.15, 0.2) is 48.5 Å². The van der Waals surface area contributed by atoms with Crippen LogP contribution in [0.3, 0.4) is 0 Å². The molecule has 3 rings (SSSR count). The molecule has 1 amide bonds. The Morgan fingerprint density at radius 1 is 1.04 bits per heavy atom. The molecule has 1 N–H and O–H groups in total. The summed E-state index contributed by atoms with van der Waals surface area (Å²) < 4.78 is 12.9. The third kappa shape index (κ3) is 5.76. The number of amides is 1. The Balaban J connectivity index is 1.43. The van der Waals surface area contributed by atoms with Crippen LogP contribution in [0.4, 0.5) is 4.39 Å². The van der Waals surface area contributed by atoms with Crippen molar-refractivity contribution >= 4 is 17.5 Å². The molecule has 4 nitrogen and oxygen atoms in total. The maximum Gasteiger partial charge on any atom is 0.237 e. The van der Waals surface area contributed by atoms with Crippen molar-refractivity contribution in [2.45, 2.75) is 26.1 Å². The number of hydrogen-bond acceptors (Lipinski definition) is 3. The first kappa shape index (κ1) is 19.8. The lowest BCUT2D eigenvalue weighted by molar-refractivity contribution is -0.126. The number of hydrogen-bond donors (Lipinski definition) is 1. The summed E-state index contributed by atoms with van der Waals surface area (Å²) in [5.41, 5.74) is 2.14. The van der Waals surface area contributed by atoms with E-state index in [1.807, 2.05) is 19.1 Å². The van der Waals surface area contributed by atoms with Gasteiger partial charge in [0.25, 0.3) is 0 Å². The minimum Gasteiger partial charge on any atom is -0.351 e. The van der Waals surface area contributed by atoms with Crippen molar-refractivity contribution in [2.24, 2.45) is 0 Å². The van der Waals surface area contributed by atoms with Crippen LogP contribution in [0, 0.1) is 5.82 Å². The number of piperazine rings is 1. The highest BCUT2D eigenvalue weighted by Crippen LogP contribution is 2.14. The number of halogens is 2. The van der Waals surface area contributed by atoms with Crippen molar-refractivity contribution in [1.82, 2.24) is 15.1 Å². The molecule has 27 heavy (non-hydrogen) atoms. The number of nitrogens with one attached hydrogen (secondary N) is 1. The average molecular weight is 390 g/mol. The highest BCUT2D eigenvalue weighted by Gasteiger charge is 2.25. The Bertz CT molecular complexity index is 743. The van der Waals surface area contributed by atoms with Gasteiger partial charge in [0.15, 0.2) is 0 Å². The Hall–Kier alpha value is -1.95. The van der Waals surface area contributed by atoms with Crippen molar-refractivity contribution in [3.05, 3.63) is 70.5 Å². The van der Waals surface area contributed by atoms with E-state index in [4.69, 9.17) is 11.6 Å². The lowest BCUT2D eigenvalue weighted by Gasteiger charge is -2.37. The van der Waals surface area contributed by atoms with Gasteiger partial charge in [0, 0.05) is 44.3 Å². The number of rotatable bonds is 6. The van der Waals surface area contributed by atoms with E-state index >= 15 is 0 Å². The fraction of sp³-hybridized carbons (Fsp3) is 0.381. The molecule has 1 aliphatic heterocycles. The zero-order chi connectivity index (χ0) is 19.2. The van der Waals surface area contributed by atoms with Gasteiger partial charge in [0.1, 0.15) is 5.82 Å². The first-order valence-corrected chi connectivity index (χ1v) is 9.62. The van der Waals surface area contributed by atoms with E-state index in [9.17, 15) is 9.18 Å². The number of carbonyl (C=O) groups is 1. The lowest BCUT2D eigenvalue weighted by Crippen LogP contribution is -2.53. The van der Waals surface area contributed by atoms with Gasteiger partial charge in [-0.15, -0.1) is 0 Å².